The van der Waals surface area contributed by atoms with E-state index in [1.54, 1.807) is 6.33 Å². The lowest BCUT2D eigenvalue weighted by Gasteiger charge is -2.14. The van der Waals surface area contributed by atoms with Gasteiger partial charge >= 0.3 is 5.97 Å². The van der Waals surface area contributed by atoms with Crippen LogP contribution in [0.5, 0.6) is 0 Å². The maximum absolute atomic E-state index is 11.3. The number of carboxylic acid groups (broad SMARTS) is 1. The van der Waals surface area contributed by atoms with Crippen molar-refractivity contribution in [2.75, 3.05) is 23.1 Å². The van der Waals surface area contributed by atoms with E-state index in [0.717, 1.165) is 0 Å². The topological polar surface area (TPSA) is 119 Å². The molecule has 2 aromatic heterocycles. The van der Waals surface area contributed by atoms with Crippen molar-refractivity contribution in [3.05, 3.63) is 6.33 Å². The quantitative estimate of drug-likeness (QED) is 0.728. The molecule has 2 aromatic rings. The molecule has 0 saturated heterocycles. The SMILES string of the molecule is CSCC(Nc1nc(N)nc2c1ncn2C(C)C)C(=O)O. The lowest BCUT2D eigenvalue weighted by molar-refractivity contribution is -0.137. The van der Waals surface area contributed by atoms with Crippen LogP contribution in [-0.4, -0.2) is 48.6 Å². The van der Waals surface area contributed by atoms with Crippen LogP contribution in [0.4, 0.5) is 11.8 Å². The Labute approximate surface area is 126 Å². The second-order valence-electron chi connectivity index (χ2n) is 4.84. The van der Waals surface area contributed by atoms with Crippen LogP contribution in [0.1, 0.15) is 19.9 Å². The molecule has 0 aliphatic rings. The van der Waals surface area contributed by atoms with Gasteiger partial charge in [0.25, 0.3) is 0 Å². The standard InChI is InChI=1S/C12H18N6O2S/c1-6(2)18-5-14-8-9(16-12(13)17-10(8)18)15-7(4-21-3)11(19)20/h5-7H,4H2,1-3H3,(H,19,20)(H3,13,15,16,17). The van der Waals surface area contributed by atoms with E-state index in [1.165, 1.54) is 11.8 Å². The Bertz CT molecular complexity index is 656. The normalized spacial score (nSPS) is 12.8. The van der Waals surface area contributed by atoms with Crippen molar-refractivity contribution in [1.82, 2.24) is 19.5 Å². The molecule has 4 N–H and O–H groups in total. The van der Waals surface area contributed by atoms with E-state index in [0.29, 0.717) is 22.7 Å². The summed E-state index contributed by atoms with van der Waals surface area (Å²) < 4.78 is 1.86. The van der Waals surface area contributed by atoms with Crippen LogP contribution in [0, 0.1) is 0 Å². The van der Waals surface area contributed by atoms with E-state index < -0.39 is 12.0 Å². The molecular formula is C12H18N6O2S. The van der Waals surface area contributed by atoms with Crippen LogP contribution in [-0.2, 0) is 4.79 Å². The summed E-state index contributed by atoms with van der Waals surface area (Å²) in [5.74, 6) is -0.108. The first-order valence-corrected chi connectivity index (χ1v) is 7.81. The summed E-state index contributed by atoms with van der Waals surface area (Å²) in [6.07, 6.45) is 3.49. The van der Waals surface area contributed by atoms with Crippen LogP contribution < -0.4 is 11.1 Å². The number of nitrogen functional groups attached to an aromatic ring is 1. The van der Waals surface area contributed by atoms with E-state index in [2.05, 4.69) is 20.3 Å². The number of nitrogens with two attached hydrogens (primary N) is 1. The van der Waals surface area contributed by atoms with E-state index in [9.17, 15) is 9.90 Å². The van der Waals surface area contributed by atoms with Gasteiger partial charge in [0.05, 0.1) is 6.33 Å². The number of carbonyl (C=O) groups is 1. The minimum absolute atomic E-state index is 0.0840. The molecule has 114 valence electrons. The molecule has 1 atom stereocenters. The maximum Gasteiger partial charge on any atom is 0.327 e. The molecule has 9 heteroatoms. The Hall–Kier alpha value is -2.03. The number of nitrogens with zero attached hydrogens (tertiary/aromatic N) is 4. The summed E-state index contributed by atoms with van der Waals surface area (Å²) in [5.41, 5.74) is 6.83. The Morgan fingerprint density at radius 1 is 1.52 bits per heavy atom. The molecule has 0 aliphatic carbocycles. The molecule has 0 aliphatic heterocycles. The van der Waals surface area contributed by atoms with Gasteiger partial charge in [0, 0.05) is 11.8 Å². The Balaban J connectivity index is 2.46. The van der Waals surface area contributed by atoms with Crippen molar-refractivity contribution in [2.24, 2.45) is 0 Å². The molecule has 0 aromatic carbocycles. The monoisotopic (exact) mass is 310 g/mol. The molecule has 0 spiro atoms. The van der Waals surface area contributed by atoms with Crippen LogP contribution in [0.2, 0.25) is 0 Å². The summed E-state index contributed by atoms with van der Waals surface area (Å²) in [6, 6.07) is -0.597. The molecular weight excluding hydrogens is 292 g/mol. The summed E-state index contributed by atoms with van der Waals surface area (Å²) in [6.45, 7) is 4.00. The first-order chi connectivity index (χ1) is 9.93. The zero-order valence-electron chi connectivity index (χ0n) is 12.1. The number of aliphatic carboxylic acids is 1. The zero-order chi connectivity index (χ0) is 15.6. The minimum atomic E-state index is -0.946. The predicted octanol–water partition coefficient (Wildman–Crippen LogP) is 1.22. The molecule has 0 fully saturated rings. The highest BCUT2D eigenvalue weighted by atomic mass is 32.2. The average Bonchev–Trinajstić information content (AvgIpc) is 2.81. The number of hydrogen-bond donors (Lipinski definition) is 3. The van der Waals surface area contributed by atoms with Gasteiger partial charge in [-0.05, 0) is 20.1 Å². The number of imidazole rings is 1. The van der Waals surface area contributed by atoms with Crippen molar-refractivity contribution >= 4 is 40.7 Å². The summed E-state index contributed by atoms with van der Waals surface area (Å²) >= 11 is 1.43. The highest BCUT2D eigenvalue weighted by Crippen LogP contribution is 2.23. The van der Waals surface area contributed by atoms with Crippen molar-refractivity contribution < 1.29 is 9.90 Å². The van der Waals surface area contributed by atoms with Gasteiger partial charge in [-0.1, -0.05) is 0 Å². The number of carboxylic acids is 1. The van der Waals surface area contributed by atoms with Crippen LogP contribution in [0.3, 0.4) is 0 Å². The fraction of sp³-hybridized carbons (Fsp3) is 0.500. The number of hydrogen-bond acceptors (Lipinski definition) is 7. The van der Waals surface area contributed by atoms with Gasteiger partial charge in [-0.15, -0.1) is 0 Å². The average molecular weight is 310 g/mol. The van der Waals surface area contributed by atoms with Crippen molar-refractivity contribution in [2.45, 2.75) is 25.9 Å². The van der Waals surface area contributed by atoms with Crippen molar-refractivity contribution in [1.29, 1.82) is 0 Å². The van der Waals surface area contributed by atoms with Gasteiger partial charge in [0.2, 0.25) is 5.95 Å². The highest BCUT2D eigenvalue weighted by molar-refractivity contribution is 7.98. The Kier molecular flexibility index (Phi) is 4.51. The lowest BCUT2D eigenvalue weighted by atomic mass is 10.3. The molecule has 2 rings (SSSR count). The van der Waals surface area contributed by atoms with Crippen molar-refractivity contribution in [3.63, 3.8) is 0 Å². The number of fused-ring (bicyclic) bond motifs is 1. The fourth-order valence-electron chi connectivity index (χ4n) is 1.92. The van der Waals surface area contributed by atoms with Crippen LogP contribution in [0.25, 0.3) is 11.2 Å². The van der Waals surface area contributed by atoms with E-state index in [-0.39, 0.29) is 12.0 Å². The third-order valence-electron chi connectivity index (χ3n) is 2.94. The highest BCUT2D eigenvalue weighted by Gasteiger charge is 2.21. The van der Waals surface area contributed by atoms with Gasteiger partial charge in [-0.2, -0.15) is 21.7 Å². The summed E-state index contributed by atoms with van der Waals surface area (Å²) in [7, 11) is 0. The van der Waals surface area contributed by atoms with Gasteiger partial charge in [0.15, 0.2) is 17.0 Å². The third kappa shape index (κ3) is 3.18. The molecule has 8 nitrogen and oxygen atoms in total. The largest absolute Gasteiger partial charge is 0.480 e. The molecule has 2 heterocycles. The molecule has 21 heavy (non-hydrogen) atoms. The number of aromatic nitrogens is 4. The van der Waals surface area contributed by atoms with Gasteiger partial charge in [-0.25, -0.2) is 9.78 Å². The van der Waals surface area contributed by atoms with Crippen LogP contribution >= 0.6 is 11.8 Å². The second-order valence-corrected chi connectivity index (χ2v) is 5.75. The smallest absolute Gasteiger partial charge is 0.327 e. The maximum atomic E-state index is 11.3. The first-order valence-electron chi connectivity index (χ1n) is 6.42. The Morgan fingerprint density at radius 2 is 2.24 bits per heavy atom. The van der Waals surface area contributed by atoms with Crippen LogP contribution in [0.15, 0.2) is 6.33 Å². The van der Waals surface area contributed by atoms with Crippen molar-refractivity contribution in [3.8, 4) is 0 Å². The second kappa shape index (κ2) is 6.17. The minimum Gasteiger partial charge on any atom is -0.480 e. The summed E-state index contributed by atoms with van der Waals surface area (Å²) in [5, 5.41) is 12.1. The zero-order valence-corrected chi connectivity index (χ0v) is 12.9. The molecule has 0 amide bonds. The van der Waals surface area contributed by atoms with Gasteiger partial charge in [0.1, 0.15) is 6.04 Å². The molecule has 0 saturated carbocycles. The predicted molar refractivity (Wildman–Crippen MR) is 83.5 cm³/mol. The molecule has 1 unspecified atom stereocenters. The van der Waals surface area contributed by atoms with Gasteiger partial charge in [-0.3, -0.25) is 0 Å². The first kappa shape index (κ1) is 15.4. The fourth-order valence-corrected chi connectivity index (χ4v) is 2.48. The number of nitrogens with one attached hydrogen (secondary N) is 1. The lowest BCUT2D eigenvalue weighted by Crippen LogP contribution is -2.32. The van der Waals surface area contributed by atoms with E-state index in [1.807, 2.05) is 24.7 Å². The number of anilines is 2. The number of rotatable bonds is 6. The van der Waals surface area contributed by atoms with E-state index in [4.69, 9.17) is 5.73 Å². The molecule has 0 bridgehead atoms. The Morgan fingerprint density at radius 3 is 2.81 bits per heavy atom. The third-order valence-corrected chi connectivity index (χ3v) is 3.60. The van der Waals surface area contributed by atoms with Gasteiger partial charge < -0.3 is 20.7 Å². The molecule has 0 radical (unpaired) electrons. The summed E-state index contributed by atoms with van der Waals surface area (Å²) in [4.78, 5) is 23.8. The van der Waals surface area contributed by atoms with E-state index >= 15 is 0 Å². The number of thioether (sulfide) groups is 1.